The second kappa shape index (κ2) is 6.86. The number of tetrazole rings is 1. The third kappa shape index (κ3) is 3.22. The van der Waals surface area contributed by atoms with Crippen LogP contribution in [0.15, 0.2) is 48.5 Å². The lowest BCUT2D eigenvalue weighted by Gasteiger charge is -2.09. The van der Waals surface area contributed by atoms with Crippen LogP contribution in [-0.2, 0) is 6.54 Å². The van der Waals surface area contributed by atoms with Gasteiger partial charge < -0.3 is 10.1 Å². The second-order valence-corrected chi connectivity index (χ2v) is 4.87. The number of nitrogens with one attached hydrogen (secondary N) is 1. The molecule has 1 N–H and O–H groups in total. The van der Waals surface area contributed by atoms with E-state index in [9.17, 15) is 9.18 Å². The first-order valence-corrected chi connectivity index (χ1v) is 7.13. The van der Waals surface area contributed by atoms with Crippen molar-refractivity contribution in [3.05, 3.63) is 65.7 Å². The molecule has 1 heterocycles. The molecule has 0 aliphatic heterocycles. The van der Waals surface area contributed by atoms with Gasteiger partial charge in [-0.25, -0.2) is 4.39 Å². The van der Waals surface area contributed by atoms with Crippen LogP contribution in [0.2, 0.25) is 0 Å². The number of amides is 1. The van der Waals surface area contributed by atoms with Gasteiger partial charge in [-0.2, -0.15) is 4.68 Å². The van der Waals surface area contributed by atoms with Gasteiger partial charge in [0.05, 0.1) is 24.9 Å². The Labute approximate surface area is 137 Å². The summed E-state index contributed by atoms with van der Waals surface area (Å²) in [6.45, 7) is 0.112. The Morgan fingerprint density at radius 2 is 1.96 bits per heavy atom. The summed E-state index contributed by atoms with van der Waals surface area (Å²) in [5, 5.41) is 14.1. The number of carbonyl (C=O) groups excluding carboxylic acids is 1. The van der Waals surface area contributed by atoms with Crippen LogP contribution in [0, 0.1) is 5.82 Å². The largest absolute Gasteiger partial charge is 0.496 e. The Balaban J connectivity index is 1.75. The van der Waals surface area contributed by atoms with E-state index in [-0.39, 0.29) is 18.3 Å². The first kappa shape index (κ1) is 15.6. The molecule has 0 bridgehead atoms. The highest BCUT2D eigenvalue weighted by molar-refractivity contribution is 5.96. The number of para-hydroxylation sites is 1. The van der Waals surface area contributed by atoms with Gasteiger partial charge in [0.1, 0.15) is 11.6 Å². The molecule has 24 heavy (non-hydrogen) atoms. The Morgan fingerprint density at radius 1 is 1.21 bits per heavy atom. The quantitative estimate of drug-likeness (QED) is 0.772. The van der Waals surface area contributed by atoms with Crippen molar-refractivity contribution in [2.24, 2.45) is 0 Å². The van der Waals surface area contributed by atoms with Crippen molar-refractivity contribution in [3.63, 3.8) is 0 Å². The number of rotatable bonds is 5. The van der Waals surface area contributed by atoms with Crippen LogP contribution in [0.4, 0.5) is 4.39 Å². The fourth-order valence-electron chi connectivity index (χ4n) is 2.19. The van der Waals surface area contributed by atoms with E-state index in [0.29, 0.717) is 22.8 Å². The van der Waals surface area contributed by atoms with Crippen LogP contribution in [0.3, 0.4) is 0 Å². The SMILES string of the molecule is COc1ccccc1C(=O)NCc1nnnn1-c1ccc(F)cc1. The van der Waals surface area contributed by atoms with E-state index in [1.807, 2.05) is 0 Å². The van der Waals surface area contributed by atoms with Gasteiger partial charge in [0, 0.05) is 0 Å². The molecule has 2 aromatic carbocycles. The third-order valence-electron chi connectivity index (χ3n) is 3.36. The number of methoxy groups -OCH3 is 1. The number of benzene rings is 2. The van der Waals surface area contributed by atoms with Crippen molar-refractivity contribution in [2.45, 2.75) is 6.54 Å². The predicted molar refractivity (Wildman–Crippen MR) is 83.3 cm³/mol. The summed E-state index contributed by atoms with van der Waals surface area (Å²) in [5.74, 6) is 0.247. The van der Waals surface area contributed by atoms with E-state index in [1.54, 1.807) is 36.4 Å². The lowest BCUT2D eigenvalue weighted by Crippen LogP contribution is -2.25. The lowest BCUT2D eigenvalue weighted by molar-refractivity contribution is 0.0946. The topological polar surface area (TPSA) is 81.9 Å². The summed E-state index contributed by atoms with van der Waals surface area (Å²) >= 11 is 0. The van der Waals surface area contributed by atoms with Crippen LogP contribution in [0.5, 0.6) is 5.75 Å². The molecular weight excluding hydrogens is 313 g/mol. The van der Waals surface area contributed by atoms with Crippen molar-refractivity contribution < 1.29 is 13.9 Å². The van der Waals surface area contributed by atoms with Gasteiger partial charge in [0.15, 0.2) is 5.82 Å². The molecule has 0 atom stereocenters. The molecule has 7 nitrogen and oxygen atoms in total. The third-order valence-corrected chi connectivity index (χ3v) is 3.36. The first-order chi connectivity index (χ1) is 11.7. The molecule has 0 spiro atoms. The van der Waals surface area contributed by atoms with Gasteiger partial charge in [-0.15, -0.1) is 5.10 Å². The minimum absolute atomic E-state index is 0.112. The minimum atomic E-state index is -0.349. The zero-order chi connectivity index (χ0) is 16.9. The molecule has 3 aromatic rings. The molecule has 0 unspecified atom stereocenters. The molecule has 0 aliphatic rings. The Hall–Kier alpha value is -3.29. The molecule has 122 valence electrons. The van der Waals surface area contributed by atoms with E-state index in [1.165, 1.54) is 23.9 Å². The summed E-state index contributed by atoms with van der Waals surface area (Å²) in [7, 11) is 1.50. The number of ether oxygens (including phenoxy) is 1. The standard InChI is InChI=1S/C16H14FN5O2/c1-24-14-5-3-2-4-13(14)16(23)18-10-15-19-20-21-22(15)12-8-6-11(17)7-9-12/h2-9H,10H2,1H3,(H,18,23). The molecule has 1 amide bonds. The lowest BCUT2D eigenvalue weighted by atomic mass is 10.2. The second-order valence-electron chi connectivity index (χ2n) is 4.87. The van der Waals surface area contributed by atoms with E-state index in [4.69, 9.17) is 4.74 Å². The van der Waals surface area contributed by atoms with Crippen molar-refractivity contribution >= 4 is 5.91 Å². The zero-order valence-corrected chi connectivity index (χ0v) is 12.8. The normalized spacial score (nSPS) is 10.4. The van der Waals surface area contributed by atoms with Crippen LogP contribution in [-0.4, -0.2) is 33.2 Å². The summed E-state index contributed by atoms with van der Waals surface area (Å²) < 4.78 is 19.6. The van der Waals surface area contributed by atoms with Gasteiger partial charge >= 0.3 is 0 Å². The fraction of sp³-hybridized carbons (Fsp3) is 0.125. The van der Waals surface area contributed by atoms with Gasteiger partial charge in [-0.05, 0) is 46.8 Å². The zero-order valence-electron chi connectivity index (χ0n) is 12.8. The number of halogens is 1. The molecule has 0 saturated heterocycles. The van der Waals surface area contributed by atoms with Crippen molar-refractivity contribution in [2.75, 3.05) is 7.11 Å². The first-order valence-electron chi connectivity index (χ1n) is 7.13. The highest BCUT2D eigenvalue weighted by Gasteiger charge is 2.14. The van der Waals surface area contributed by atoms with Crippen molar-refractivity contribution in [1.82, 2.24) is 25.5 Å². The minimum Gasteiger partial charge on any atom is -0.496 e. The van der Waals surface area contributed by atoms with Crippen LogP contribution < -0.4 is 10.1 Å². The van der Waals surface area contributed by atoms with Gasteiger partial charge in [-0.3, -0.25) is 4.79 Å². The molecular formula is C16H14FN5O2. The highest BCUT2D eigenvalue weighted by atomic mass is 19.1. The van der Waals surface area contributed by atoms with Crippen LogP contribution >= 0.6 is 0 Å². The Kier molecular flexibility index (Phi) is 4.46. The smallest absolute Gasteiger partial charge is 0.255 e. The van der Waals surface area contributed by atoms with Crippen molar-refractivity contribution in [3.8, 4) is 11.4 Å². The summed E-state index contributed by atoms with van der Waals surface area (Å²) in [6, 6.07) is 12.6. The maximum absolute atomic E-state index is 13.0. The van der Waals surface area contributed by atoms with Crippen LogP contribution in [0.1, 0.15) is 16.2 Å². The molecule has 1 aromatic heterocycles. The van der Waals surface area contributed by atoms with Gasteiger partial charge in [-0.1, -0.05) is 12.1 Å². The molecule has 8 heteroatoms. The summed E-state index contributed by atoms with van der Waals surface area (Å²) in [6.07, 6.45) is 0. The Morgan fingerprint density at radius 3 is 2.71 bits per heavy atom. The number of hydrogen-bond acceptors (Lipinski definition) is 5. The summed E-state index contributed by atoms with van der Waals surface area (Å²) in [4.78, 5) is 12.3. The highest BCUT2D eigenvalue weighted by Crippen LogP contribution is 2.17. The number of nitrogens with zero attached hydrogens (tertiary/aromatic N) is 4. The maximum atomic E-state index is 13.0. The molecule has 0 saturated carbocycles. The average molecular weight is 327 g/mol. The molecule has 0 radical (unpaired) electrons. The predicted octanol–water partition coefficient (Wildman–Crippen LogP) is 1.74. The van der Waals surface area contributed by atoms with E-state index in [0.717, 1.165) is 0 Å². The van der Waals surface area contributed by atoms with Gasteiger partial charge in [0.25, 0.3) is 5.91 Å². The molecule has 3 rings (SSSR count). The number of aromatic nitrogens is 4. The maximum Gasteiger partial charge on any atom is 0.255 e. The fourth-order valence-corrected chi connectivity index (χ4v) is 2.19. The van der Waals surface area contributed by atoms with Crippen LogP contribution in [0.25, 0.3) is 5.69 Å². The Bertz CT molecular complexity index is 848. The average Bonchev–Trinajstić information content (AvgIpc) is 3.08. The van der Waals surface area contributed by atoms with E-state index in [2.05, 4.69) is 20.8 Å². The van der Waals surface area contributed by atoms with E-state index < -0.39 is 0 Å². The number of hydrogen-bond donors (Lipinski definition) is 1. The summed E-state index contributed by atoms with van der Waals surface area (Å²) in [5.41, 5.74) is 1.02. The monoisotopic (exact) mass is 327 g/mol. The molecule has 0 aliphatic carbocycles. The van der Waals surface area contributed by atoms with E-state index >= 15 is 0 Å². The molecule has 0 fully saturated rings. The number of carbonyl (C=O) groups is 1. The van der Waals surface area contributed by atoms with Gasteiger partial charge in [0.2, 0.25) is 0 Å². The van der Waals surface area contributed by atoms with Crippen molar-refractivity contribution in [1.29, 1.82) is 0 Å².